The summed E-state index contributed by atoms with van der Waals surface area (Å²) in [5, 5.41) is 0. The maximum atomic E-state index is 13.1. The lowest BCUT2D eigenvalue weighted by molar-refractivity contribution is -0.0276. The van der Waals surface area contributed by atoms with Crippen LogP contribution < -0.4 is 4.90 Å². The zero-order valence-electron chi connectivity index (χ0n) is 24.0. The van der Waals surface area contributed by atoms with Gasteiger partial charge in [0.25, 0.3) is 0 Å². The van der Waals surface area contributed by atoms with Gasteiger partial charge in [-0.2, -0.15) is 0 Å². The minimum atomic E-state index is -0.179. The molecule has 0 radical (unpaired) electrons. The number of likely N-dealkylation sites (tertiary alicyclic amines) is 1. The second-order valence-electron chi connectivity index (χ2n) is 12.3. The molecule has 6 rings (SSSR count). The highest BCUT2D eigenvalue weighted by atomic mass is 16.5. The number of fused-ring (bicyclic) bond motifs is 2. The maximum Gasteiger partial charge on any atom is 0.325 e. The lowest BCUT2D eigenvalue weighted by atomic mass is 10.00. The van der Waals surface area contributed by atoms with E-state index in [1.165, 1.54) is 16.8 Å². The Kier molecular flexibility index (Phi) is 6.76. The first-order valence-corrected chi connectivity index (χ1v) is 14.4. The molecule has 2 amide bonds. The second kappa shape index (κ2) is 10.1. The quantitative estimate of drug-likeness (QED) is 0.440. The molecule has 39 heavy (non-hydrogen) atoms. The monoisotopic (exact) mass is 527 g/mol. The molecule has 7 heteroatoms. The number of hydrogen-bond acceptors (Lipinski definition) is 4. The Bertz CT molecular complexity index is 1350. The van der Waals surface area contributed by atoms with E-state index in [9.17, 15) is 4.79 Å². The van der Waals surface area contributed by atoms with Gasteiger partial charge in [0.15, 0.2) is 0 Å². The van der Waals surface area contributed by atoms with Crippen molar-refractivity contribution in [3.8, 4) is 11.3 Å². The molecule has 0 bridgehead atoms. The Morgan fingerprint density at radius 2 is 1.64 bits per heavy atom. The summed E-state index contributed by atoms with van der Waals surface area (Å²) < 4.78 is 9.26. The molecule has 3 aromatic rings. The van der Waals surface area contributed by atoms with Crippen LogP contribution in [-0.2, 0) is 17.7 Å². The minimum absolute atomic E-state index is 0.0766. The number of nitrogens with zero attached hydrogens (tertiary/aromatic N) is 5. The first-order valence-electron chi connectivity index (χ1n) is 14.4. The van der Waals surface area contributed by atoms with Crippen LogP contribution in [0.5, 0.6) is 0 Å². The number of aromatic nitrogens is 2. The van der Waals surface area contributed by atoms with Gasteiger partial charge in [0.05, 0.1) is 11.8 Å². The van der Waals surface area contributed by atoms with E-state index < -0.39 is 0 Å². The predicted molar refractivity (Wildman–Crippen MR) is 155 cm³/mol. The van der Waals surface area contributed by atoms with E-state index in [-0.39, 0.29) is 23.8 Å². The standard InChI is InChI=1S/C32H41N5O2/c1-22-28(24-10-12-25(13-11-24)36-20-21-37(31(36)38)32(2,3)4)33-30-29(39-26-15-17-34(5)18-16-26)27-9-7-6-8-23(27)14-19-35(22)30/h6-13,26,29H,14-21H2,1-5H3. The van der Waals surface area contributed by atoms with Gasteiger partial charge in [-0.15, -0.1) is 0 Å². The molecule has 1 atom stereocenters. The molecule has 2 aromatic carbocycles. The Hall–Kier alpha value is -3.16. The van der Waals surface area contributed by atoms with E-state index >= 15 is 0 Å². The highest BCUT2D eigenvalue weighted by Crippen LogP contribution is 2.38. The Morgan fingerprint density at radius 3 is 2.33 bits per heavy atom. The van der Waals surface area contributed by atoms with E-state index in [1.807, 2.05) is 9.80 Å². The predicted octanol–water partition coefficient (Wildman–Crippen LogP) is 5.66. The topological polar surface area (TPSA) is 53.8 Å². The molecular formula is C32H41N5O2. The van der Waals surface area contributed by atoms with Crippen molar-refractivity contribution in [2.75, 3.05) is 38.1 Å². The lowest BCUT2D eigenvalue weighted by Gasteiger charge is -2.32. The molecule has 2 fully saturated rings. The average Bonchev–Trinajstić information content (AvgIpc) is 3.42. The first-order chi connectivity index (χ1) is 18.7. The summed E-state index contributed by atoms with van der Waals surface area (Å²) in [4.78, 5) is 24.5. The fourth-order valence-electron chi connectivity index (χ4n) is 6.35. The number of ether oxygens (including phenoxy) is 1. The van der Waals surface area contributed by atoms with Gasteiger partial charge in [0.1, 0.15) is 11.9 Å². The Labute approximate surface area is 232 Å². The molecule has 0 spiro atoms. The summed E-state index contributed by atoms with van der Waals surface area (Å²) in [5.41, 5.74) is 6.59. The molecule has 4 heterocycles. The zero-order chi connectivity index (χ0) is 27.3. The van der Waals surface area contributed by atoms with Crippen molar-refractivity contribution in [1.82, 2.24) is 19.4 Å². The van der Waals surface area contributed by atoms with Crippen LogP contribution in [0, 0.1) is 6.92 Å². The van der Waals surface area contributed by atoms with Crippen molar-refractivity contribution in [3.63, 3.8) is 0 Å². The molecule has 3 aliphatic heterocycles. The highest BCUT2D eigenvalue weighted by molar-refractivity contribution is 5.94. The van der Waals surface area contributed by atoms with Gasteiger partial charge in [0, 0.05) is 55.2 Å². The molecule has 2 saturated heterocycles. The van der Waals surface area contributed by atoms with Gasteiger partial charge in [-0.25, -0.2) is 9.78 Å². The summed E-state index contributed by atoms with van der Waals surface area (Å²) in [7, 11) is 2.19. The van der Waals surface area contributed by atoms with Crippen LogP contribution in [-0.4, -0.2) is 70.3 Å². The number of piperidine rings is 1. The fourth-order valence-corrected chi connectivity index (χ4v) is 6.35. The van der Waals surface area contributed by atoms with Gasteiger partial charge in [-0.1, -0.05) is 36.4 Å². The smallest absolute Gasteiger partial charge is 0.325 e. The van der Waals surface area contributed by atoms with E-state index in [1.54, 1.807) is 0 Å². The van der Waals surface area contributed by atoms with Crippen molar-refractivity contribution in [2.45, 2.75) is 71.2 Å². The largest absolute Gasteiger partial charge is 0.362 e. The van der Waals surface area contributed by atoms with Crippen LogP contribution in [0.4, 0.5) is 10.5 Å². The van der Waals surface area contributed by atoms with Gasteiger partial charge in [-0.3, -0.25) is 4.90 Å². The number of carbonyl (C=O) groups excluding carboxylic acids is 1. The van der Waals surface area contributed by atoms with Crippen molar-refractivity contribution in [3.05, 3.63) is 71.2 Å². The number of hydrogen-bond donors (Lipinski definition) is 0. The third-order valence-corrected chi connectivity index (χ3v) is 8.69. The second-order valence-corrected chi connectivity index (χ2v) is 12.3. The van der Waals surface area contributed by atoms with Crippen molar-refractivity contribution < 1.29 is 9.53 Å². The molecule has 3 aliphatic rings. The Morgan fingerprint density at radius 1 is 0.923 bits per heavy atom. The number of carbonyl (C=O) groups is 1. The minimum Gasteiger partial charge on any atom is -0.362 e. The third-order valence-electron chi connectivity index (χ3n) is 8.69. The molecule has 0 aliphatic carbocycles. The average molecular weight is 528 g/mol. The van der Waals surface area contributed by atoms with E-state index in [0.29, 0.717) is 6.54 Å². The molecule has 0 saturated carbocycles. The highest BCUT2D eigenvalue weighted by Gasteiger charge is 2.36. The van der Waals surface area contributed by atoms with Gasteiger partial charge in [0.2, 0.25) is 0 Å². The fraction of sp³-hybridized carbons (Fsp3) is 0.500. The summed E-state index contributed by atoms with van der Waals surface area (Å²) in [6.45, 7) is 12.9. The van der Waals surface area contributed by atoms with Crippen LogP contribution in [0.1, 0.15) is 62.4 Å². The molecule has 1 unspecified atom stereocenters. The van der Waals surface area contributed by atoms with Gasteiger partial charge >= 0.3 is 6.03 Å². The van der Waals surface area contributed by atoms with Gasteiger partial charge in [-0.05, 0) is 77.3 Å². The Balaban J connectivity index is 1.31. The number of amides is 2. The van der Waals surface area contributed by atoms with E-state index in [4.69, 9.17) is 9.72 Å². The van der Waals surface area contributed by atoms with Crippen LogP contribution >= 0.6 is 0 Å². The normalized spacial score (nSPS) is 20.7. The summed E-state index contributed by atoms with van der Waals surface area (Å²) in [6.07, 6.45) is 3.12. The summed E-state index contributed by atoms with van der Waals surface area (Å²) >= 11 is 0. The van der Waals surface area contributed by atoms with Gasteiger partial charge < -0.3 is 19.1 Å². The summed E-state index contributed by atoms with van der Waals surface area (Å²) in [5.74, 6) is 1.01. The van der Waals surface area contributed by atoms with Crippen molar-refractivity contribution >= 4 is 11.7 Å². The third kappa shape index (κ3) is 4.87. The molecule has 7 nitrogen and oxygen atoms in total. The van der Waals surface area contributed by atoms with E-state index in [0.717, 1.165) is 68.2 Å². The molecule has 0 N–H and O–H groups in total. The number of anilines is 1. The number of benzene rings is 2. The van der Waals surface area contributed by atoms with Crippen LogP contribution in [0.25, 0.3) is 11.3 Å². The van der Waals surface area contributed by atoms with Crippen molar-refractivity contribution in [1.29, 1.82) is 0 Å². The number of aryl methyl sites for hydroxylation is 1. The number of rotatable bonds is 4. The first kappa shape index (κ1) is 26.1. The van der Waals surface area contributed by atoms with Crippen molar-refractivity contribution in [2.24, 2.45) is 0 Å². The number of urea groups is 1. The number of imidazole rings is 1. The van der Waals surface area contributed by atoms with Crippen LogP contribution in [0.2, 0.25) is 0 Å². The SMILES string of the molecule is Cc1c(-c2ccc(N3CCN(C(C)(C)C)C3=O)cc2)nc2n1CCc1ccccc1C2OC1CCN(C)CC1. The molecule has 1 aromatic heterocycles. The van der Waals surface area contributed by atoms with Crippen LogP contribution in [0.3, 0.4) is 0 Å². The molecule has 206 valence electrons. The lowest BCUT2D eigenvalue weighted by Crippen LogP contribution is -2.44. The van der Waals surface area contributed by atoms with E-state index in [2.05, 4.69) is 92.7 Å². The molecular weight excluding hydrogens is 486 g/mol. The van der Waals surface area contributed by atoms with Crippen LogP contribution in [0.15, 0.2) is 48.5 Å². The summed E-state index contributed by atoms with van der Waals surface area (Å²) in [6, 6.07) is 17.1. The maximum absolute atomic E-state index is 13.1. The zero-order valence-corrected chi connectivity index (χ0v) is 24.0.